The van der Waals surface area contributed by atoms with Crippen molar-refractivity contribution >= 4 is 17.7 Å². The molecule has 0 bridgehead atoms. The zero-order chi connectivity index (χ0) is 18.6. The molecule has 0 aromatic heterocycles. The lowest BCUT2D eigenvalue weighted by Gasteiger charge is -2.42. The summed E-state index contributed by atoms with van der Waals surface area (Å²) in [6.45, 7) is 6.67. The first-order chi connectivity index (χ1) is 11.8. The van der Waals surface area contributed by atoms with Crippen molar-refractivity contribution in [3.63, 3.8) is 0 Å². The van der Waals surface area contributed by atoms with Gasteiger partial charge in [-0.3, -0.25) is 4.79 Å². The Morgan fingerprint density at radius 3 is 2.56 bits per heavy atom. The van der Waals surface area contributed by atoms with E-state index in [-0.39, 0.29) is 24.6 Å². The fraction of sp³-hybridized carbons (Fsp3) is 0.556. The molecule has 1 heterocycles. The molecule has 1 aliphatic rings. The highest BCUT2D eigenvalue weighted by atomic mass is 16.6. The molecule has 7 heteroatoms. The molecule has 0 radical (unpaired) electrons. The Bertz CT molecular complexity index is 627. The number of benzene rings is 1. The molecule has 0 aliphatic carbocycles. The van der Waals surface area contributed by atoms with Crippen LogP contribution in [0.5, 0.6) is 0 Å². The summed E-state index contributed by atoms with van der Waals surface area (Å²) in [6, 6.07) is 6.97. The largest absolute Gasteiger partial charge is 0.444 e. The molecule has 138 valence electrons. The average molecular weight is 349 g/mol. The Morgan fingerprint density at radius 2 is 1.96 bits per heavy atom. The van der Waals surface area contributed by atoms with E-state index in [1.165, 1.54) is 0 Å². The number of nitrogens with one attached hydrogen (secondary N) is 1. The molecule has 0 saturated carbocycles. The first-order valence-electron chi connectivity index (χ1n) is 8.43. The number of aliphatic hydroxyl groups is 1. The van der Waals surface area contributed by atoms with Crippen LogP contribution in [0.15, 0.2) is 24.3 Å². The van der Waals surface area contributed by atoms with Gasteiger partial charge in [0.2, 0.25) is 0 Å². The fourth-order valence-electron chi connectivity index (χ4n) is 2.87. The summed E-state index contributed by atoms with van der Waals surface area (Å²) < 4.78 is 5.41. The van der Waals surface area contributed by atoms with Crippen molar-refractivity contribution in [3.05, 3.63) is 29.8 Å². The molecule has 1 fully saturated rings. The van der Waals surface area contributed by atoms with Gasteiger partial charge in [-0.1, -0.05) is 12.1 Å². The standard InChI is InChI=1S/C18H27N3O4/c1-18(2,3)25-17(24)20-9-10-21(13(11-20)12-22)15-8-6-5-7-14(15)16(23)19-4/h5-8,13,22H,9-12H2,1-4H3,(H,19,23). The highest BCUT2D eigenvalue weighted by Crippen LogP contribution is 2.25. The van der Waals surface area contributed by atoms with E-state index in [1.807, 2.05) is 37.8 Å². The van der Waals surface area contributed by atoms with Crippen molar-refractivity contribution in [2.24, 2.45) is 0 Å². The summed E-state index contributed by atoms with van der Waals surface area (Å²) >= 11 is 0. The van der Waals surface area contributed by atoms with Gasteiger partial charge in [0, 0.05) is 32.4 Å². The molecule has 25 heavy (non-hydrogen) atoms. The minimum Gasteiger partial charge on any atom is -0.444 e. The maximum atomic E-state index is 12.3. The number of ether oxygens (including phenoxy) is 1. The number of hydrogen-bond acceptors (Lipinski definition) is 5. The Morgan fingerprint density at radius 1 is 1.28 bits per heavy atom. The molecule has 1 aliphatic heterocycles. The third-order valence-corrected chi connectivity index (χ3v) is 4.03. The lowest BCUT2D eigenvalue weighted by atomic mass is 10.1. The van der Waals surface area contributed by atoms with Crippen molar-refractivity contribution in [1.82, 2.24) is 10.2 Å². The van der Waals surface area contributed by atoms with E-state index in [1.54, 1.807) is 24.1 Å². The number of anilines is 1. The molecule has 1 aromatic rings. The van der Waals surface area contributed by atoms with E-state index >= 15 is 0 Å². The molecular formula is C18H27N3O4. The second kappa shape index (κ2) is 7.74. The van der Waals surface area contributed by atoms with E-state index in [0.717, 1.165) is 5.69 Å². The van der Waals surface area contributed by atoms with Crippen LogP contribution in [0.3, 0.4) is 0 Å². The van der Waals surface area contributed by atoms with Crippen LogP contribution in [-0.2, 0) is 4.74 Å². The van der Waals surface area contributed by atoms with Gasteiger partial charge in [-0.05, 0) is 32.9 Å². The van der Waals surface area contributed by atoms with E-state index in [2.05, 4.69) is 5.32 Å². The lowest BCUT2D eigenvalue weighted by Crippen LogP contribution is -2.57. The third-order valence-electron chi connectivity index (χ3n) is 4.03. The summed E-state index contributed by atoms with van der Waals surface area (Å²) in [6.07, 6.45) is -0.384. The second-order valence-corrected chi connectivity index (χ2v) is 7.05. The van der Waals surface area contributed by atoms with Gasteiger partial charge in [-0.2, -0.15) is 0 Å². The molecule has 1 atom stereocenters. The zero-order valence-corrected chi connectivity index (χ0v) is 15.3. The highest BCUT2D eigenvalue weighted by molar-refractivity contribution is 5.99. The predicted octanol–water partition coefficient (Wildman–Crippen LogP) is 1.46. The Labute approximate surface area is 148 Å². The summed E-state index contributed by atoms with van der Waals surface area (Å²) in [5.41, 5.74) is 0.744. The van der Waals surface area contributed by atoms with Gasteiger partial charge >= 0.3 is 6.09 Å². The van der Waals surface area contributed by atoms with E-state index < -0.39 is 5.60 Å². The van der Waals surface area contributed by atoms with Gasteiger partial charge in [0.05, 0.1) is 18.2 Å². The van der Waals surface area contributed by atoms with Gasteiger partial charge in [-0.25, -0.2) is 4.79 Å². The van der Waals surface area contributed by atoms with Crippen LogP contribution in [0.1, 0.15) is 31.1 Å². The number of hydrogen-bond donors (Lipinski definition) is 2. The summed E-state index contributed by atoms with van der Waals surface area (Å²) in [7, 11) is 1.59. The average Bonchev–Trinajstić information content (AvgIpc) is 2.59. The number of nitrogens with zero attached hydrogens (tertiary/aromatic N) is 2. The molecule has 1 unspecified atom stereocenters. The Balaban J connectivity index is 2.18. The van der Waals surface area contributed by atoms with E-state index in [4.69, 9.17) is 4.74 Å². The van der Waals surface area contributed by atoms with Gasteiger partial charge in [0.1, 0.15) is 5.60 Å². The van der Waals surface area contributed by atoms with Gasteiger partial charge < -0.3 is 25.0 Å². The van der Waals surface area contributed by atoms with Crippen LogP contribution >= 0.6 is 0 Å². The number of aliphatic hydroxyl groups excluding tert-OH is 1. The molecule has 0 spiro atoms. The number of piperazine rings is 1. The number of rotatable bonds is 3. The van der Waals surface area contributed by atoms with Crippen LogP contribution in [-0.4, -0.2) is 66.9 Å². The third kappa shape index (κ3) is 4.63. The number of carbonyl (C=O) groups is 2. The van der Waals surface area contributed by atoms with E-state index in [9.17, 15) is 14.7 Å². The monoisotopic (exact) mass is 349 g/mol. The maximum Gasteiger partial charge on any atom is 0.410 e. The molecule has 2 N–H and O–H groups in total. The van der Waals surface area contributed by atoms with Crippen LogP contribution in [0.4, 0.5) is 10.5 Å². The second-order valence-electron chi connectivity index (χ2n) is 7.05. The van der Waals surface area contributed by atoms with Crippen molar-refractivity contribution in [3.8, 4) is 0 Å². The summed E-state index contributed by atoms with van der Waals surface area (Å²) in [5.74, 6) is -0.179. The number of amides is 2. The number of para-hydroxylation sites is 1. The van der Waals surface area contributed by atoms with Crippen LogP contribution in [0, 0.1) is 0 Å². The van der Waals surface area contributed by atoms with Gasteiger partial charge in [-0.15, -0.1) is 0 Å². The Hall–Kier alpha value is -2.28. The first-order valence-corrected chi connectivity index (χ1v) is 8.43. The molecular weight excluding hydrogens is 322 g/mol. The van der Waals surface area contributed by atoms with E-state index in [0.29, 0.717) is 25.2 Å². The van der Waals surface area contributed by atoms with Crippen molar-refractivity contribution in [2.75, 3.05) is 38.2 Å². The molecule has 7 nitrogen and oxygen atoms in total. The van der Waals surface area contributed by atoms with Crippen LogP contribution in [0.2, 0.25) is 0 Å². The van der Waals surface area contributed by atoms with Crippen molar-refractivity contribution < 1.29 is 19.4 Å². The molecule has 2 rings (SSSR count). The van der Waals surface area contributed by atoms with Crippen LogP contribution in [0.25, 0.3) is 0 Å². The lowest BCUT2D eigenvalue weighted by molar-refractivity contribution is 0.0197. The van der Waals surface area contributed by atoms with Gasteiger partial charge in [0.25, 0.3) is 5.91 Å². The fourth-order valence-corrected chi connectivity index (χ4v) is 2.87. The maximum absolute atomic E-state index is 12.3. The first kappa shape index (κ1) is 19.1. The highest BCUT2D eigenvalue weighted by Gasteiger charge is 2.33. The Kier molecular flexibility index (Phi) is 5.89. The van der Waals surface area contributed by atoms with Crippen molar-refractivity contribution in [1.29, 1.82) is 0 Å². The summed E-state index contributed by atoms with van der Waals surface area (Å²) in [5, 5.41) is 12.5. The topological polar surface area (TPSA) is 82.1 Å². The minimum absolute atomic E-state index is 0.124. The molecule has 1 aromatic carbocycles. The summed E-state index contributed by atoms with van der Waals surface area (Å²) in [4.78, 5) is 28.0. The predicted molar refractivity (Wildman–Crippen MR) is 95.9 cm³/mol. The SMILES string of the molecule is CNC(=O)c1ccccc1N1CCN(C(=O)OC(C)(C)C)CC1CO. The normalized spacial score (nSPS) is 18.0. The molecule has 1 saturated heterocycles. The quantitative estimate of drug-likeness (QED) is 0.863. The van der Waals surface area contributed by atoms with Crippen LogP contribution < -0.4 is 10.2 Å². The zero-order valence-electron chi connectivity index (χ0n) is 15.3. The van der Waals surface area contributed by atoms with Gasteiger partial charge in [0.15, 0.2) is 0 Å². The minimum atomic E-state index is -0.561. The number of carbonyl (C=O) groups excluding carboxylic acids is 2. The smallest absolute Gasteiger partial charge is 0.410 e. The van der Waals surface area contributed by atoms with Crippen molar-refractivity contribution in [2.45, 2.75) is 32.4 Å². The molecule has 2 amide bonds.